The Bertz CT molecular complexity index is 588. The fourth-order valence-corrected chi connectivity index (χ4v) is 4.19. The highest BCUT2D eigenvalue weighted by Gasteiger charge is 2.86. The summed E-state index contributed by atoms with van der Waals surface area (Å²) < 4.78 is 92.9. The average Bonchev–Trinajstić information content (AvgIpc) is 3.03. The number of ether oxygens (including phenoxy) is 4. The molecule has 0 aromatic rings. The molecule has 2 bridgehead atoms. The lowest BCUT2D eigenvalue weighted by atomic mass is 9.76. The number of fused-ring (bicyclic) bond motifs is 3. The molecule has 1 saturated heterocycles. The molecule has 9 heteroatoms. The van der Waals surface area contributed by atoms with Crippen molar-refractivity contribution in [2.45, 2.75) is 75.9 Å². The van der Waals surface area contributed by atoms with E-state index in [0.29, 0.717) is 6.42 Å². The van der Waals surface area contributed by atoms with Crippen LogP contribution in [-0.4, -0.2) is 42.2 Å². The molecule has 2 fully saturated rings. The second kappa shape index (κ2) is 5.86. The molecule has 150 valence electrons. The van der Waals surface area contributed by atoms with E-state index >= 15 is 8.78 Å². The summed E-state index contributed by atoms with van der Waals surface area (Å²) in [6.45, 7) is 4.50. The van der Waals surface area contributed by atoms with E-state index in [1.807, 2.05) is 0 Å². The lowest BCUT2D eigenvalue weighted by molar-refractivity contribution is -0.556. The van der Waals surface area contributed by atoms with E-state index in [-0.39, 0.29) is 12.3 Å². The number of hydrogen-bond donors (Lipinski definition) is 0. The van der Waals surface area contributed by atoms with Gasteiger partial charge in [-0.1, -0.05) is 12.2 Å². The van der Waals surface area contributed by atoms with Crippen LogP contribution in [0.2, 0.25) is 0 Å². The number of hydrogen-bond acceptors (Lipinski definition) is 4. The molecule has 0 N–H and O–H groups in total. The van der Waals surface area contributed by atoms with Crippen LogP contribution < -0.4 is 0 Å². The smallest absolute Gasteiger partial charge is 0.353 e. The highest BCUT2D eigenvalue weighted by molar-refractivity contribution is 5.25. The lowest BCUT2D eigenvalue weighted by Gasteiger charge is -2.58. The summed E-state index contributed by atoms with van der Waals surface area (Å²) in [5.41, 5.74) is -2.35. The van der Waals surface area contributed by atoms with Gasteiger partial charge in [0, 0.05) is 5.92 Å². The van der Waals surface area contributed by atoms with Crippen LogP contribution in [0.3, 0.4) is 0 Å². The minimum absolute atomic E-state index is 0.222. The molecule has 0 aromatic carbocycles. The van der Waals surface area contributed by atoms with Gasteiger partial charge in [0.05, 0.1) is 6.10 Å². The monoisotopic (exact) mass is 386 g/mol. The van der Waals surface area contributed by atoms with Crippen molar-refractivity contribution >= 4 is 0 Å². The third kappa shape index (κ3) is 2.70. The molecule has 2 aliphatic carbocycles. The lowest BCUT2D eigenvalue weighted by Crippen LogP contribution is -2.78. The molecule has 4 atom stereocenters. The normalized spacial score (nSPS) is 40.7. The Hall–Kier alpha value is -0.770. The maximum absolute atomic E-state index is 15.5. The molecule has 0 amide bonds. The van der Waals surface area contributed by atoms with Crippen LogP contribution in [0, 0.1) is 11.8 Å². The second-order valence-electron chi connectivity index (χ2n) is 7.85. The standard InChI is InChI=1S/C17H23F5O4/c1-10(2)23-9-24-16(17(20,21)22)15(18,19)14(25-13(3,4)26-16)8-11-5-6-12(14)7-11/h5-6,10-12H,7-9H2,1-4H3. The van der Waals surface area contributed by atoms with Crippen LogP contribution in [0.1, 0.15) is 40.5 Å². The van der Waals surface area contributed by atoms with Gasteiger partial charge < -0.3 is 18.9 Å². The second-order valence-corrected chi connectivity index (χ2v) is 7.85. The van der Waals surface area contributed by atoms with Crippen molar-refractivity contribution in [3.8, 4) is 0 Å². The number of rotatable bonds is 4. The fraction of sp³-hybridized carbons (Fsp3) is 0.882. The number of halogens is 5. The van der Waals surface area contributed by atoms with E-state index in [4.69, 9.17) is 14.2 Å². The number of alkyl halides is 5. The first-order valence-electron chi connectivity index (χ1n) is 8.55. The molecule has 1 spiro atoms. The zero-order valence-corrected chi connectivity index (χ0v) is 15.0. The van der Waals surface area contributed by atoms with Gasteiger partial charge in [-0.25, -0.2) is 0 Å². The van der Waals surface area contributed by atoms with Crippen molar-refractivity contribution < 1.29 is 40.9 Å². The first kappa shape index (κ1) is 20.0. The fourth-order valence-electron chi connectivity index (χ4n) is 4.19. The van der Waals surface area contributed by atoms with Gasteiger partial charge in [-0.05, 0) is 46.5 Å². The van der Waals surface area contributed by atoms with E-state index < -0.39 is 48.1 Å². The van der Waals surface area contributed by atoms with E-state index in [1.165, 1.54) is 19.9 Å². The summed E-state index contributed by atoms with van der Waals surface area (Å²) in [5, 5.41) is 0. The van der Waals surface area contributed by atoms with Crippen molar-refractivity contribution in [3.05, 3.63) is 12.2 Å². The van der Waals surface area contributed by atoms with Gasteiger partial charge in [0.2, 0.25) is 0 Å². The van der Waals surface area contributed by atoms with Crippen LogP contribution in [0.25, 0.3) is 0 Å². The Morgan fingerprint density at radius 2 is 1.81 bits per heavy atom. The van der Waals surface area contributed by atoms with E-state index in [9.17, 15) is 13.2 Å². The molecular formula is C17H23F5O4. The summed E-state index contributed by atoms with van der Waals surface area (Å²) in [5.74, 6) is -11.7. The van der Waals surface area contributed by atoms with Crippen LogP contribution in [0.4, 0.5) is 22.0 Å². The number of allylic oxidation sites excluding steroid dienone is 1. The third-order valence-corrected chi connectivity index (χ3v) is 5.14. The summed E-state index contributed by atoms with van der Waals surface area (Å²) in [6.07, 6.45) is -2.65. The molecule has 0 aromatic heterocycles. The zero-order chi connectivity index (χ0) is 19.6. The Kier molecular flexibility index (Phi) is 4.50. The molecule has 1 saturated carbocycles. The van der Waals surface area contributed by atoms with Gasteiger partial charge >= 0.3 is 17.9 Å². The molecule has 4 nitrogen and oxygen atoms in total. The molecule has 3 aliphatic rings. The predicted molar refractivity (Wildman–Crippen MR) is 80.2 cm³/mol. The van der Waals surface area contributed by atoms with Gasteiger partial charge in [-0.2, -0.15) is 22.0 Å². The largest absolute Gasteiger partial charge is 0.450 e. The first-order chi connectivity index (χ1) is 11.8. The Labute approximate surface area is 148 Å². The maximum Gasteiger partial charge on any atom is 0.450 e. The summed E-state index contributed by atoms with van der Waals surface area (Å²) in [7, 11) is 0. The van der Waals surface area contributed by atoms with E-state index in [1.54, 1.807) is 19.9 Å². The molecule has 0 radical (unpaired) electrons. The van der Waals surface area contributed by atoms with Crippen LogP contribution >= 0.6 is 0 Å². The Balaban J connectivity index is 2.08. The molecule has 3 rings (SSSR count). The van der Waals surface area contributed by atoms with Gasteiger partial charge in [0.25, 0.3) is 0 Å². The van der Waals surface area contributed by atoms with Crippen molar-refractivity contribution in [3.63, 3.8) is 0 Å². The Morgan fingerprint density at radius 3 is 2.27 bits per heavy atom. The molecule has 1 aliphatic heterocycles. The van der Waals surface area contributed by atoms with E-state index in [0.717, 1.165) is 0 Å². The minimum Gasteiger partial charge on any atom is -0.353 e. The average molecular weight is 386 g/mol. The predicted octanol–water partition coefficient (Wildman–Crippen LogP) is 4.40. The Morgan fingerprint density at radius 1 is 1.15 bits per heavy atom. The van der Waals surface area contributed by atoms with Crippen molar-refractivity contribution in [1.82, 2.24) is 0 Å². The highest BCUT2D eigenvalue weighted by Crippen LogP contribution is 2.65. The summed E-state index contributed by atoms with van der Waals surface area (Å²) in [4.78, 5) is 0. The minimum atomic E-state index is -5.50. The SMILES string of the molecule is CC(C)OCOC1(C(F)(F)F)OC(C)(C)OC2(CC3C=CC2C3)C1(F)F. The molecule has 1 heterocycles. The summed E-state index contributed by atoms with van der Waals surface area (Å²) in [6, 6.07) is 0. The van der Waals surface area contributed by atoms with Gasteiger partial charge in [0.1, 0.15) is 5.60 Å². The molecule has 4 unspecified atom stereocenters. The molecule has 26 heavy (non-hydrogen) atoms. The quantitative estimate of drug-likeness (QED) is 0.408. The maximum atomic E-state index is 15.5. The van der Waals surface area contributed by atoms with Gasteiger partial charge in [-0.15, -0.1) is 0 Å². The zero-order valence-electron chi connectivity index (χ0n) is 15.0. The van der Waals surface area contributed by atoms with Crippen molar-refractivity contribution in [2.24, 2.45) is 11.8 Å². The van der Waals surface area contributed by atoms with E-state index in [2.05, 4.69) is 4.74 Å². The topological polar surface area (TPSA) is 36.9 Å². The molecular weight excluding hydrogens is 363 g/mol. The summed E-state index contributed by atoms with van der Waals surface area (Å²) >= 11 is 0. The van der Waals surface area contributed by atoms with Crippen molar-refractivity contribution in [2.75, 3.05) is 6.79 Å². The van der Waals surface area contributed by atoms with Crippen LogP contribution in [-0.2, 0) is 18.9 Å². The van der Waals surface area contributed by atoms with Gasteiger partial charge in [0.15, 0.2) is 12.6 Å². The van der Waals surface area contributed by atoms with Crippen molar-refractivity contribution in [1.29, 1.82) is 0 Å². The first-order valence-corrected chi connectivity index (χ1v) is 8.55. The van der Waals surface area contributed by atoms with Crippen LogP contribution in [0.15, 0.2) is 12.2 Å². The third-order valence-electron chi connectivity index (χ3n) is 5.14. The van der Waals surface area contributed by atoms with Gasteiger partial charge in [-0.3, -0.25) is 0 Å². The highest BCUT2D eigenvalue weighted by atomic mass is 19.4. The van der Waals surface area contributed by atoms with Crippen LogP contribution in [0.5, 0.6) is 0 Å².